The van der Waals surface area contributed by atoms with Gasteiger partial charge in [-0.2, -0.15) is 0 Å². The van der Waals surface area contributed by atoms with Crippen LogP contribution in [0.3, 0.4) is 0 Å². The minimum atomic E-state index is -0.146. The predicted molar refractivity (Wildman–Crippen MR) is 131 cm³/mol. The van der Waals surface area contributed by atoms with Crippen molar-refractivity contribution in [2.45, 2.75) is 64.2 Å². The molecule has 1 aromatic heterocycles. The highest BCUT2D eigenvalue weighted by Gasteiger charge is 2.29. The highest BCUT2D eigenvalue weighted by molar-refractivity contribution is 7.11. The number of carbonyl (C=O) groups is 2. The van der Waals surface area contributed by atoms with Crippen molar-refractivity contribution in [2.75, 3.05) is 26.2 Å². The van der Waals surface area contributed by atoms with Crippen molar-refractivity contribution in [3.63, 3.8) is 0 Å². The smallest absolute Gasteiger partial charge is 0.263 e. The van der Waals surface area contributed by atoms with E-state index in [0.29, 0.717) is 4.88 Å². The number of thiazole rings is 1. The van der Waals surface area contributed by atoms with Crippen molar-refractivity contribution in [1.29, 1.82) is 0 Å². The normalized spacial score (nSPS) is 19.8. The average Bonchev–Trinajstić information content (AvgIpc) is 3.27. The Labute approximate surface area is 200 Å². The third kappa shape index (κ3) is 6.40. The molecular weight excluding hydrogens is 434 g/mol. The minimum Gasteiger partial charge on any atom is -0.352 e. The molecule has 1 unspecified atom stereocenters. The van der Waals surface area contributed by atoms with Crippen molar-refractivity contribution in [2.24, 2.45) is 0 Å². The van der Waals surface area contributed by atoms with Crippen molar-refractivity contribution in [3.8, 4) is 0 Å². The van der Waals surface area contributed by atoms with E-state index in [2.05, 4.69) is 55.7 Å². The molecule has 0 saturated carbocycles. The number of amides is 2. The number of hydrogen-bond acceptors (Lipinski definition) is 6. The molecule has 1 aromatic carbocycles. The second kappa shape index (κ2) is 11.2. The lowest BCUT2D eigenvalue weighted by molar-refractivity contribution is -0.127. The summed E-state index contributed by atoms with van der Waals surface area (Å²) in [6.45, 7) is 8.50. The van der Waals surface area contributed by atoms with Crippen LogP contribution < -0.4 is 10.6 Å². The molecule has 178 valence electrons. The summed E-state index contributed by atoms with van der Waals surface area (Å²) in [7, 11) is 0. The molecule has 4 rings (SSSR count). The number of likely N-dealkylation sites (tertiary alicyclic amines) is 2. The fraction of sp³-hybridized carbons (Fsp3) is 0.560. The molecule has 0 radical (unpaired) electrons. The van der Waals surface area contributed by atoms with E-state index in [1.54, 1.807) is 5.51 Å². The Balaban J connectivity index is 1.16. The maximum atomic E-state index is 12.9. The van der Waals surface area contributed by atoms with E-state index in [4.69, 9.17) is 0 Å². The van der Waals surface area contributed by atoms with Gasteiger partial charge < -0.3 is 10.6 Å². The Kier molecular flexibility index (Phi) is 8.11. The molecule has 2 saturated heterocycles. The SMILES string of the molecule is Cc1ncsc1C(=O)NC1CCN(C(C)C(=O)NC2CCN(Cc3ccccc3)CC2)CC1. The summed E-state index contributed by atoms with van der Waals surface area (Å²) in [4.78, 5) is 34.9. The van der Waals surface area contributed by atoms with Crippen LogP contribution in [-0.4, -0.2) is 70.9 Å². The third-order valence-corrected chi connectivity index (χ3v) is 7.85. The summed E-state index contributed by atoms with van der Waals surface area (Å²) >= 11 is 1.38. The van der Waals surface area contributed by atoms with Gasteiger partial charge in [0.2, 0.25) is 5.91 Å². The largest absolute Gasteiger partial charge is 0.352 e. The summed E-state index contributed by atoms with van der Waals surface area (Å²) in [5.41, 5.74) is 3.84. The van der Waals surface area contributed by atoms with Crippen LogP contribution in [0.1, 0.15) is 53.5 Å². The fourth-order valence-electron chi connectivity index (χ4n) is 4.77. The number of piperidine rings is 2. The summed E-state index contributed by atoms with van der Waals surface area (Å²) in [5.74, 6) is 0.0946. The quantitative estimate of drug-likeness (QED) is 0.652. The highest BCUT2D eigenvalue weighted by Crippen LogP contribution is 2.18. The van der Waals surface area contributed by atoms with Gasteiger partial charge in [0.05, 0.1) is 17.2 Å². The Morgan fingerprint density at radius 3 is 2.30 bits per heavy atom. The van der Waals surface area contributed by atoms with Crippen LogP contribution in [0.25, 0.3) is 0 Å². The van der Waals surface area contributed by atoms with Gasteiger partial charge in [-0.05, 0) is 45.1 Å². The summed E-state index contributed by atoms with van der Waals surface area (Å²) in [6, 6.07) is 10.8. The van der Waals surface area contributed by atoms with E-state index >= 15 is 0 Å². The Bertz CT molecular complexity index is 918. The molecule has 0 aliphatic carbocycles. The van der Waals surface area contributed by atoms with Gasteiger partial charge in [-0.15, -0.1) is 11.3 Å². The van der Waals surface area contributed by atoms with E-state index in [9.17, 15) is 9.59 Å². The minimum absolute atomic E-state index is 0.0298. The molecule has 0 spiro atoms. The monoisotopic (exact) mass is 469 g/mol. The summed E-state index contributed by atoms with van der Waals surface area (Å²) in [5, 5.41) is 6.42. The number of hydrogen-bond donors (Lipinski definition) is 2. The molecule has 8 heteroatoms. The summed E-state index contributed by atoms with van der Waals surface area (Å²) < 4.78 is 0. The lowest BCUT2D eigenvalue weighted by atomic mass is 10.0. The molecule has 2 N–H and O–H groups in total. The molecule has 2 fully saturated rings. The first-order chi connectivity index (χ1) is 16.0. The molecule has 2 aliphatic rings. The van der Waals surface area contributed by atoms with E-state index in [1.807, 2.05) is 13.8 Å². The molecule has 1 atom stereocenters. The molecule has 2 aromatic rings. The maximum Gasteiger partial charge on any atom is 0.263 e. The number of benzene rings is 1. The van der Waals surface area contributed by atoms with Crippen molar-refractivity contribution < 1.29 is 9.59 Å². The maximum absolute atomic E-state index is 12.9. The lowest BCUT2D eigenvalue weighted by Gasteiger charge is -2.37. The topological polar surface area (TPSA) is 77.6 Å². The molecule has 0 bridgehead atoms. The van der Waals surface area contributed by atoms with E-state index in [1.165, 1.54) is 16.9 Å². The van der Waals surface area contributed by atoms with Gasteiger partial charge in [0.1, 0.15) is 4.88 Å². The molecule has 3 heterocycles. The fourth-order valence-corrected chi connectivity index (χ4v) is 5.47. The zero-order chi connectivity index (χ0) is 23.2. The van der Waals surface area contributed by atoms with Crippen molar-refractivity contribution in [1.82, 2.24) is 25.4 Å². The average molecular weight is 470 g/mol. The number of aryl methyl sites for hydroxylation is 1. The summed E-state index contributed by atoms with van der Waals surface area (Å²) in [6.07, 6.45) is 3.71. The predicted octanol–water partition coefficient (Wildman–Crippen LogP) is 2.82. The van der Waals surface area contributed by atoms with Crippen LogP contribution in [-0.2, 0) is 11.3 Å². The lowest BCUT2D eigenvalue weighted by Crippen LogP contribution is -2.54. The van der Waals surface area contributed by atoms with Gasteiger partial charge in [0.25, 0.3) is 5.91 Å². The zero-order valence-corrected chi connectivity index (χ0v) is 20.4. The van der Waals surface area contributed by atoms with Crippen LogP contribution in [0.15, 0.2) is 35.8 Å². The zero-order valence-electron chi connectivity index (χ0n) is 19.6. The number of nitrogens with one attached hydrogen (secondary N) is 2. The van der Waals surface area contributed by atoms with Crippen LogP contribution in [0.5, 0.6) is 0 Å². The molecule has 33 heavy (non-hydrogen) atoms. The Hall–Kier alpha value is -2.29. The van der Waals surface area contributed by atoms with Crippen LogP contribution >= 0.6 is 11.3 Å². The molecule has 2 aliphatic heterocycles. The van der Waals surface area contributed by atoms with Gasteiger partial charge in [-0.1, -0.05) is 30.3 Å². The third-order valence-electron chi connectivity index (χ3n) is 6.93. The first kappa shape index (κ1) is 23.9. The number of nitrogens with zero attached hydrogens (tertiary/aromatic N) is 3. The van der Waals surface area contributed by atoms with Gasteiger partial charge in [0, 0.05) is 44.8 Å². The number of rotatable bonds is 7. The van der Waals surface area contributed by atoms with Gasteiger partial charge in [0.15, 0.2) is 0 Å². The second-order valence-electron chi connectivity index (χ2n) is 9.27. The molecular formula is C25H35N5O2S. The van der Waals surface area contributed by atoms with Gasteiger partial charge >= 0.3 is 0 Å². The van der Waals surface area contributed by atoms with Gasteiger partial charge in [-0.25, -0.2) is 4.98 Å². The van der Waals surface area contributed by atoms with Gasteiger partial charge in [-0.3, -0.25) is 19.4 Å². The highest BCUT2D eigenvalue weighted by atomic mass is 32.1. The Morgan fingerprint density at radius 1 is 1.03 bits per heavy atom. The van der Waals surface area contributed by atoms with Crippen LogP contribution in [0, 0.1) is 6.92 Å². The van der Waals surface area contributed by atoms with Crippen LogP contribution in [0.4, 0.5) is 0 Å². The molecule has 2 amide bonds. The van der Waals surface area contributed by atoms with E-state index in [0.717, 1.165) is 64.1 Å². The first-order valence-electron chi connectivity index (χ1n) is 12.0. The second-order valence-corrected chi connectivity index (χ2v) is 10.1. The molecule has 7 nitrogen and oxygen atoms in total. The van der Waals surface area contributed by atoms with E-state index in [-0.39, 0.29) is 29.9 Å². The van der Waals surface area contributed by atoms with E-state index < -0.39 is 0 Å². The number of aromatic nitrogens is 1. The first-order valence-corrected chi connectivity index (χ1v) is 12.9. The Morgan fingerprint density at radius 2 is 1.67 bits per heavy atom. The van der Waals surface area contributed by atoms with Crippen molar-refractivity contribution >= 4 is 23.2 Å². The van der Waals surface area contributed by atoms with Crippen LogP contribution in [0.2, 0.25) is 0 Å². The van der Waals surface area contributed by atoms with Crippen molar-refractivity contribution in [3.05, 3.63) is 52.0 Å². The number of carbonyl (C=O) groups excluding carboxylic acids is 2. The standard InChI is InChI=1S/C25H35N5O2S/c1-18-23(33-17-26-18)25(32)28-22-10-14-30(15-11-22)19(2)24(31)27-21-8-12-29(13-9-21)16-20-6-4-3-5-7-20/h3-7,17,19,21-22H,8-16H2,1-2H3,(H,27,31)(H,28,32).